The van der Waals surface area contributed by atoms with Crippen LogP contribution in [0.15, 0.2) is 81.1 Å². The first-order valence-electron chi connectivity index (χ1n) is 7.98. The number of halogens is 2. The summed E-state index contributed by atoms with van der Waals surface area (Å²) in [4.78, 5) is 0. The first-order chi connectivity index (χ1) is 12.6. The Hall–Kier alpha value is -3.10. The van der Waals surface area contributed by atoms with E-state index >= 15 is 0 Å². The Balaban J connectivity index is 0.00000364. The van der Waals surface area contributed by atoms with E-state index in [2.05, 4.69) is 20.4 Å². The van der Waals surface area contributed by atoms with Crippen molar-refractivity contribution in [3.63, 3.8) is 0 Å². The Labute approximate surface area is 176 Å². The van der Waals surface area contributed by atoms with E-state index in [1.807, 2.05) is 60.7 Å². The highest BCUT2D eigenvalue weighted by Crippen LogP contribution is 2.12. The van der Waals surface area contributed by atoms with E-state index in [-0.39, 0.29) is 36.7 Å². The molecule has 2 rings (SSSR count). The van der Waals surface area contributed by atoms with Crippen LogP contribution in [-0.4, -0.2) is 23.3 Å². The second-order valence-corrected chi connectivity index (χ2v) is 5.38. The Morgan fingerprint density at radius 2 is 0.857 bits per heavy atom. The molecule has 0 amide bonds. The Morgan fingerprint density at radius 3 is 1.14 bits per heavy atom. The Kier molecular flexibility index (Phi) is 11.7. The fourth-order valence-electron chi connectivity index (χ4n) is 2.24. The fraction of sp³-hybridized carbons (Fsp3) is 0.111. The molecule has 0 radical (unpaired) electrons. The molecule has 0 aromatic heterocycles. The van der Waals surface area contributed by atoms with Gasteiger partial charge in [0.2, 0.25) is 11.9 Å². The lowest BCUT2D eigenvalue weighted by atomic mass is 10.0. The van der Waals surface area contributed by atoms with Crippen molar-refractivity contribution in [3.05, 3.63) is 71.8 Å². The summed E-state index contributed by atoms with van der Waals surface area (Å²) in [7, 11) is 0. The number of hydrogen-bond acceptors (Lipinski definition) is 4. The van der Waals surface area contributed by atoms with Crippen LogP contribution in [0.4, 0.5) is 0 Å². The van der Waals surface area contributed by atoms with Crippen molar-refractivity contribution in [2.45, 2.75) is 12.8 Å². The standard InChI is InChI=1S/C18H22N8.2ClH/c19-17(20)25-23-15(13-7-3-1-4-8-13)11-12-16(24-26-18(21)22)14-9-5-2-6-10-14;;/h1-10H,11-12H2,(H4,19,20,25)(H4,21,22,26);2*1H/b23-15+,24-16+;;. The van der Waals surface area contributed by atoms with Gasteiger partial charge in [-0.3, -0.25) is 0 Å². The number of guanidine groups is 2. The smallest absolute Gasteiger partial charge is 0.211 e. The zero-order chi connectivity index (χ0) is 18.8. The summed E-state index contributed by atoms with van der Waals surface area (Å²) < 4.78 is 0. The minimum atomic E-state index is -0.101. The van der Waals surface area contributed by atoms with Crippen LogP contribution in [-0.2, 0) is 0 Å². The molecule has 0 heterocycles. The van der Waals surface area contributed by atoms with E-state index in [0.717, 1.165) is 22.6 Å². The van der Waals surface area contributed by atoms with Gasteiger partial charge in [-0.25, -0.2) is 0 Å². The molecule has 2 aromatic carbocycles. The zero-order valence-corrected chi connectivity index (χ0v) is 16.7. The highest BCUT2D eigenvalue weighted by molar-refractivity contribution is 6.06. The maximum Gasteiger partial charge on any atom is 0.211 e. The molecule has 0 aliphatic carbocycles. The van der Waals surface area contributed by atoms with Crippen LogP contribution in [0.1, 0.15) is 24.0 Å². The highest BCUT2D eigenvalue weighted by atomic mass is 35.5. The van der Waals surface area contributed by atoms with Gasteiger partial charge in [-0.2, -0.15) is 10.2 Å². The van der Waals surface area contributed by atoms with Gasteiger partial charge in [0.25, 0.3) is 0 Å². The molecule has 0 saturated heterocycles. The van der Waals surface area contributed by atoms with Crippen LogP contribution in [0.5, 0.6) is 0 Å². The molecule has 2 aromatic rings. The molecule has 0 unspecified atom stereocenters. The molecule has 8 N–H and O–H groups in total. The number of nitrogens with two attached hydrogens (primary N) is 4. The van der Waals surface area contributed by atoms with Gasteiger partial charge in [-0.1, -0.05) is 60.7 Å². The quantitative estimate of drug-likeness (QED) is 0.305. The molecular weight excluding hydrogens is 399 g/mol. The van der Waals surface area contributed by atoms with Crippen molar-refractivity contribution in [2.24, 2.45) is 43.3 Å². The SMILES string of the molecule is Cl.Cl.NC(N)=N/N=C(\CC/C(=N\N=C(N)N)c1ccccc1)c1ccccc1. The molecule has 28 heavy (non-hydrogen) atoms. The molecule has 8 nitrogen and oxygen atoms in total. The molecule has 150 valence electrons. The first-order valence-corrected chi connectivity index (χ1v) is 7.98. The molecular formula is C18H24Cl2N8. The number of nitrogens with zero attached hydrogens (tertiary/aromatic N) is 4. The van der Waals surface area contributed by atoms with Gasteiger partial charge in [-0.05, 0) is 24.0 Å². The monoisotopic (exact) mass is 422 g/mol. The third-order valence-corrected chi connectivity index (χ3v) is 3.38. The third kappa shape index (κ3) is 8.52. The van der Waals surface area contributed by atoms with Gasteiger partial charge >= 0.3 is 0 Å². The molecule has 0 bridgehead atoms. The van der Waals surface area contributed by atoms with E-state index < -0.39 is 0 Å². The van der Waals surface area contributed by atoms with Crippen LogP contribution in [0.2, 0.25) is 0 Å². The topological polar surface area (TPSA) is 154 Å². The van der Waals surface area contributed by atoms with Crippen molar-refractivity contribution in [1.29, 1.82) is 0 Å². The molecule has 0 aliphatic heterocycles. The van der Waals surface area contributed by atoms with Crippen LogP contribution in [0.3, 0.4) is 0 Å². The van der Waals surface area contributed by atoms with Gasteiger partial charge in [0.1, 0.15) is 0 Å². The lowest BCUT2D eigenvalue weighted by molar-refractivity contribution is 1.07. The summed E-state index contributed by atoms with van der Waals surface area (Å²) in [5, 5.41) is 15.9. The van der Waals surface area contributed by atoms with Crippen LogP contribution in [0.25, 0.3) is 0 Å². The average molecular weight is 423 g/mol. The second kappa shape index (κ2) is 13.1. The van der Waals surface area contributed by atoms with Crippen LogP contribution in [0, 0.1) is 0 Å². The number of rotatable bonds is 7. The maximum absolute atomic E-state index is 5.40. The van der Waals surface area contributed by atoms with Crippen molar-refractivity contribution in [1.82, 2.24) is 0 Å². The summed E-state index contributed by atoms with van der Waals surface area (Å²) >= 11 is 0. The minimum Gasteiger partial charge on any atom is -0.369 e. The summed E-state index contributed by atoms with van der Waals surface area (Å²) in [6, 6.07) is 19.3. The highest BCUT2D eigenvalue weighted by Gasteiger charge is 2.09. The number of benzene rings is 2. The van der Waals surface area contributed by atoms with Gasteiger partial charge in [0.15, 0.2) is 0 Å². The van der Waals surface area contributed by atoms with Gasteiger partial charge in [0.05, 0.1) is 11.4 Å². The normalized spacial score (nSPS) is 10.9. The van der Waals surface area contributed by atoms with Crippen LogP contribution >= 0.6 is 24.8 Å². The lowest BCUT2D eigenvalue weighted by Crippen LogP contribution is -2.22. The molecule has 0 saturated carbocycles. The molecule has 0 atom stereocenters. The van der Waals surface area contributed by atoms with Gasteiger partial charge in [0, 0.05) is 0 Å². The predicted octanol–water partition coefficient (Wildman–Crippen LogP) is 1.97. The molecule has 0 fully saturated rings. The molecule has 0 aliphatic rings. The Bertz CT molecular complexity index is 754. The zero-order valence-electron chi connectivity index (χ0n) is 15.1. The average Bonchev–Trinajstić information content (AvgIpc) is 2.65. The van der Waals surface area contributed by atoms with Crippen molar-refractivity contribution < 1.29 is 0 Å². The Morgan fingerprint density at radius 1 is 0.536 bits per heavy atom. The number of hydrogen-bond donors (Lipinski definition) is 4. The summed E-state index contributed by atoms with van der Waals surface area (Å²) in [5.74, 6) is -0.202. The summed E-state index contributed by atoms with van der Waals surface area (Å²) in [6.45, 7) is 0. The lowest BCUT2D eigenvalue weighted by Gasteiger charge is -2.08. The predicted molar refractivity (Wildman–Crippen MR) is 121 cm³/mol. The summed E-state index contributed by atoms with van der Waals surface area (Å²) in [6.07, 6.45) is 1.10. The van der Waals surface area contributed by atoms with Crippen molar-refractivity contribution in [2.75, 3.05) is 0 Å². The molecule has 10 heteroatoms. The van der Waals surface area contributed by atoms with E-state index in [0.29, 0.717) is 12.8 Å². The van der Waals surface area contributed by atoms with E-state index in [1.165, 1.54) is 0 Å². The largest absolute Gasteiger partial charge is 0.369 e. The molecule has 0 spiro atoms. The van der Waals surface area contributed by atoms with E-state index in [1.54, 1.807) is 0 Å². The van der Waals surface area contributed by atoms with Gasteiger partial charge in [-0.15, -0.1) is 35.0 Å². The van der Waals surface area contributed by atoms with Gasteiger partial charge < -0.3 is 22.9 Å². The maximum atomic E-state index is 5.40. The van der Waals surface area contributed by atoms with Crippen molar-refractivity contribution in [3.8, 4) is 0 Å². The summed E-state index contributed by atoms with van der Waals surface area (Å²) in [5.41, 5.74) is 24.9. The van der Waals surface area contributed by atoms with E-state index in [9.17, 15) is 0 Å². The third-order valence-electron chi connectivity index (χ3n) is 3.38. The van der Waals surface area contributed by atoms with Crippen molar-refractivity contribution >= 4 is 48.2 Å². The minimum absolute atomic E-state index is 0. The van der Waals surface area contributed by atoms with E-state index in [4.69, 9.17) is 22.9 Å². The van der Waals surface area contributed by atoms with Crippen LogP contribution < -0.4 is 22.9 Å². The second-order valence-electron chi connectivity index (χ2n) is 5.38. The fourth-order valence-corrected chi connectivity index (χ4v) is 2.24. The first kappa shape index (κ1) is 24.9.